The number of alkyl carbamates (subject to hydrolysis) is 1. The lowest BCUT2D eigenvalue weighted by Gasteiger charge is -2.14. The molecule has 0 saturated heterocycles. The average molecular weight is 437 g/mol. The zero-order chi connectivity index (χ0) is 22.8. The third-order valence-electron chi connectivity index (χ3n) is 6.49. The Morgan fingerprint density at radius 1 is 0.818 bits per heavy atom. The van der Waals surface area contributed by atoms with Crippen molar-refractivity contribution in [2.75, 3.05) is 13.2 Å². The largest absolute Gasteiger partial charge is 0.449 e. The zero-order valence-corrected chi connectivity index (χ0v) is 19.0. The highest BCUT2D eigenvalue weighted by molar-refractivity contribution is 5.79. The van der Waals surface area contributed by atoms with Crippen molar-refractivity contribution in [1.29, 1.82) is 0 Å². The summed E-state index contributed by atoms with van der Waals surface area (Å²) < 4.78 is 7.85. The zero-order valence-electron chi connectivity index (χ0n) is 19.0. The molecule has 3 aromatic carbocycles. The Hall–Kier alpha value is -3.79. The maximum atomic E-state index is 12.4. The molecule has 166 valence electrons. The fourth-order valence-electron chi connectivity index (χ4n) is 4.85. The number of amides is 1. The molecule has 4 nitrogen and oxygen atoms in total. The number of hydrogen-bond acceptors (Lipinski definition) is 2. The molecule has 4 aromatic rings. The predicted molar refractivity (Wildman–Crippen MR) is 132 cm³/mol. The van der Waals surface area contributed by atoms with Gasteiger partial charge in [-0.05, 0) is 72.4 Å². The minimum atomic E-state index is -0.368. The van der Waals surface area contributed by atoms with Crippen molar-refractivity contribution in [1.82, 2.24) is 9.88 Å². The standard InChI is InChI=1S/C29H28N2O2/c1-20-11-12-21(2)31(20)23-15-13-22(14-16-23)17-18-30-29(32)33-19-28-26-9-5-3-7-24(26)25-8-4-6-10-27(25)28/h3-16,28H,17-19H2,1-2H3,(H,30,32). The first kappa shape index (κ1) is 21.1. The molecule has 33 heavy (non-hydrogen) atoms. The third-order valence-corrected chi connectivity index (χ3v) is 6.49. The van der Waals surface area contributed by atoms with E-state index in [1.165, 1.54) is 39.2 Å². The van der Waals surface area contributed by atoms with Crippen molar-refractivity contribution >= 4 is 6.09 Å². The van der Waals surface area contributed by atoms with Crippen molar-refractivity contribution in [3.05, 3.63) is 113 Å². The number of rotatable bonds is 6. The first-order chi connectivity index (χ1) is 16.1. The van der Waals surface area contributed by atoms with Gasteiger partial charge in [0.2, 0.25) is 0 Å². The van der Waals surface area contributed by atoms with Gasteiger partial charge in [-0.3, -0.25) is 0 Å². The molecule has 5 rings (SSSR count). The molecule has 1 aliphatic carbocycles. The van der Waals surface area contributed by atoms with Crippen molar-refractivity contribution in [2.45, 2.75) is 26.2 Å². The number of carbonyl (C=O) groups excluding carboxylic acids is 1. The van der Waals surface area contributed by atoms with Crippen LogP contribution in [0.25, 0.3) is 16.8 Å². The van der Waals surface area contributed by atoms with Gasteiger partial charge in [-0.25, -0.2) is 4.79 Å². The molecular weight excluding hydrogens is 408 g/mol. The van der Waals surface area contributed by atoms with Crippen LogP contribution in [0.2, 0.25) is 0 Å². The van der Waals surface area contributed by atoms with Gasteiger partial charge < -0.3 is 14.6 Å². The summed E-state index contributed by atoms with van der Waals surface area (Å²) in [5, 5.41) is 2.90. The van der Waals surface area contributed by atoms with E-state index >= 15 is 0 Å². The van der Waals surface area contributed by atoms with Crippen LogP contribution in [-0.2, 0) is 11.2 Å². The number of nitrogens with zero attached hydrogens (tertiary/aromatic N) is 1. The van der Waals surface area contributed by atoms with Gasteiger partial charge in [-0.1, -0.05) is 60.7 Å². The second kappa shape index (κ2) is 8.99. The first-order valence-corrected chi connectivity index (χ1v) is 11.4. The summed E-state index contributed by atoms with van der Waals surface area (Å²) >= 11 is 0. The molecule has 1 heterocycles. The highest BCUT2D eigenvalue weighted by Gasteiger charge is 2.28. The second-order valence-electron chi connectivity index (χ2n) is 8.62. The minimum Gasteiger partial charge on any atom is -0.449 e. The van der Waals surface area contributed by atoms with Gasteiger partial charge in [0.25, 0.3) is 0 Å². The summed E-state index contributed by atoms with van der Waals surface area (Å²) in [5.41, 5.74) is 9.68. The minimum absolute atomic E-state index is 0.0799. The van der Waals surface area contributed by atoms with Gasteiger partial charge >= 0.3 is 6.09 Å². The molecule has 0 aliphatic heterocycles. The molecule has 0 radical (unpaired) electrons. The molecule has 0 saturated carbocycles. The van der Waals surface area contributed by atoms with Crippen LogP contribution in [0, 0.1) is 13.8 Å². The third kappa shape index (κ3) is 4.17. The van der Waals surface area contributed by atoms with E-state index in [9.17, 15) is 4.79 Å². The number of ether oxygens (including phenoxy) is 1. The Kier molecular flexibility index (Phi) is 5.74. The number of aromatic nitrogens is 1. The van der Waals surface area contributed by atoms with Gasteiger partial charge in [-0.15, -0.1) is 0 Å². The van der Waals surface area contributed by atoms with E-state index in [0.717, 1.165) is 12.1 Å². The maximum Gasteiger partial charge on any atom is 0.407 e. The number of nitrogens with one attached hydrogen (secondary N) is 1. The van der Waals surface area contributed by atoms with Gasteiger partial charge in [0.05, 0.1) is 0 Å². The lowest BCUT2D eigenvalue weighted by Crippen LogP contribution is -2.28. The monoisotopic (exact) mass is 436 g/mol. The number of hydrogen-bond donors (Lipinski definition) is 1. The number of benzene rings is 3. The van der Waals surface area contributed by atoms with Crippen molar-refractivity contribution in [2.24, 2.45) is 0 Å². The Labute approximate surface area is 194 Å². The molecule has 0 spiro atoms. The summed E-state index contributed by atoms with van der Waals surface area (Å²) in [7, 11) is 0. The fourth-order valence-corrected chi connectivity index (χ4v) is 4.85. The Bertz CT molecular complexity index is 1220. The van der Waals surface area contributed by atoms with Crippen LogP contribution in [0.1, 0.15) is 34.0 Å². The first-order valence-electron chi connectivity index (χ1n) is 11.4. The molecule has 0 bridgehead atoms. The van der Waals surface area contributed by atoms with Crippen LogP contribution >= 0.6 is 0 Å². The Morgan fingerprint density at radius 2 is 1.39 bits per heavy atom. The molecule has 0 atom stereocenters. The maximum absolute atomic E-state index is 12.4. The van der Waals surface area contributed by atoms with Crippen LogP contribution in [0.3, 0.4) is 0 Å². The van der Waals surface area contributed by atoms with Gasteiger partial charge in [-0.2, -0.15) is 0 Å². The van der Waals surface area contributed by atoms with E-state index in [-0.39, 0.29) is 12.0 Å². The van der Waals surface area contributed by atoms with Crippen molar-refractivity contribution < 1.29 is 9.53 Å². The second-order valence-corrected chi connectivity index (χ2v) is 8.62. The van der Waals surface area contributed by atoms with E-state index in [1.807, 2.05) is 12.1 Å². The van der Waals surface area contributed by atoms with Crippen LogP contribution < -0.4 is 5.32 Å². The topological polar surface area (TPSA) is 43.3 Å². The SMILES string of the molecule is Cc1ccc(C)n1-c1ccc(CCNC(=O)OCC2c3ccccc3-c3ccccc32)cc1. The fraction of sp³-hybridized carbons (Fsp3) is 0.207. The molecule has 1 aromatic heterocycles. The molecule has 4 heteroatoms. The molecule has 0 fully saturated rings. The Balaban J connectivity index is 1.15. The van der Waals surface area contributed by atoms with E-state index in [2.05, 4.69) is 96.5 Å². The molecule has 0 unspecified atom stereocenters. The van der Waals surface area contributed by atoms with Crippen LogP contribution in [0.4, 0.5) is 4.79 Å². The summed E-state index contributed by atoms with van der Waals surface area (Å²) in [6, 6.07) is 29.5. The summed E-state index contributed by atoms with van der Waals surface area (Å²) in [5.74, 6) is 0.0799. The van der Waals surface area contributed by atoms with Gasteiger partial charge in [0.1, 0.15) is 6.61 Å². The predicted octanol–water partition coefficient (Wildman–Crippen LogP) is 6.18. The average Bonchev–Trinajstić information content (AvgIpc) is 3.35. The lowest BCUT2D eigenvalue weighted by atomic mass is 9.98. The van der Waals surface area contributed by atoms with Crippen molar-refractivity contribution in [3.63, 3.8) is 0 Å². The van der Waals surface area contributed by atoms with E-state index in [4.69, 9.17) is 4.74 Å². The van der Waals surface area contributed by atoms with E-state index in [0.29, 0.717) is 13.2 Å². The highest BCUT2D eigenvalue weighted by Crippen LogP contribution is 2.44. The molecule has 1 aliphatic rings. The van der Waals surface area contributed by atoms with Gasteiger partial charge in [0, 0.05) is 29.5 Å². The van der Waals surface area contributed by atoms with E-state index < -0.39 is 0 Å². The van der Waals surface area contributed by atoms with Gasteiger partial charge in [0.15, 0.2) is 0 Å². The quantitative estimate of drug-likeness (QED) is 0.392. The Morgan fingerprint density at radius 3 is 2.00 bits per heavy atom. The summed E-state index contributed by atoms with van der Waals surface area (Å²) in [4.78, 5) is 12.4. The normalized spacial score (nSPS) is 12.3. The van der Waals surface area contributed by atoms with E-state index in [1.54, 1.807) is 0 Å². The highest BCUT2D eigenvalue weighted by atomic mass is 16.5. The number of aryl methyl sites for hydroxylation is 2. The van der Waals surface area contributed by atoms with Crippen LogP contribution in [-0.4, -0.2) is 23.8 Å². The summed E-state index contributed by atoms with van der Waals surface area (Å²) in [6.45, 7) is 5.10. The molecule has 1 N–H and O–H groups in total. The number of fused-ring (bicyclic) bond motifs is 3. The summed E-state index contributed by atoms with van der Waals surface area (Å²) in [6.07, 6.45) is 0.390. The smallest absolute Gasteiger partial charge is 0.407 e. The number of carbonyl (C=O) groups is 1. The van der Waals surface area contributed by atoms with Crippen molar-refractivity contribution in [3.8, 4) is 16.8 Å². The lowest BCUT2D eigenvalue weighted by molar-refractivity contribution is 0.143. The molecule has 1 amide bonds. The molecular formula is C29H28N2O2. The van der Waals surface area contributed by atoms with Crippen LogP contribution in [0.15, 0.2) is 84.9 Å². The van der Waals surface area contributed by atoms with Crippen LogP contribution in [0.5, 0.6) is 0 Å².